The zero-order valence-electron chi connectivity index (χ0n) is 10.7. The van der Waals surface area contributed by atoms with E-state index in [2.05, 4.69) is 0 Å². The predicted octanol–water partition coefficient (Wildman–Crippen LogP) is 3.04. The molecule has 0 spiro atoms. The molecular weight excluding hydrogens is 216 g/mol. The standard InChI is InChI=1S/C14H20O3/c1-14(2,3)11-13(15)17-10-9-16-12-7-5-4-6-8-12/h4-8H,9-11H2,1-3H3. The van der Waals surface area contributed by atoms with Crippen molar-refractivity contribution in [2.75, 3.05) is 13.2 Å². The summed E-state index contributed by atoms with van der Waals surface area (Å²) in [7, 11) is 0. The van der Waals surface area contributed by atoms with Crippen LogP contribution in [0.15, 0.2) is 30.3 Å². The van der Waals surface area contributed by atoms with Gasteiger partial charge in [0.15, 0.2) is 0 Å². The molecule has 1 aromatic carbocycles. The van der Waals surface area contributed by atoms with Crippen molar-refractivity contribution in [2.24, 2.45) is 5.41 Å². The van der Waals surface area contributed by atoms with Gasteiger partial charge in [-0.15, -0.1) is 0 Å². The Labute approximate surface area is 103 Å². The Bertz CT molecular complexity index is 338. The molecule has 0 saturated carbocycles. The molecule has 0 bridgehead atoms. The van der Waals surface area contributed by atoms with Crippen molar-refractivity contribution in [1.29, 1.82) is 0 Å². The van der Waals surface area contributed by atoms with Crippen LogP contribution >= 0.6 is 0 Å². The summed E-state index contributed by atoms with van der Waals surface area (Å²) >= 11 is 0. The van der Waals surface area contributed by atoms with Crippen LogP contribution in [-0.4, -0.2) is 19.2 Å². The van der Waals surface area contributed by atoms with Crippen molar-refractivity contribution >= 4 is 5.97 Å². The first-order valence-corrected chi connectivity index (χ1v) is 5.81. The SMILES string of the molecule is CC(C)(C)CC(=O)OCCOc1ccccc1. The lowest BCUT2D eigenvalue weighted by Gasteiger charge is -2.16. The minimum Gasteiger partial charge on any atom is -0.490 e. The van der Waals surface area contributed by atoms with Gasteiger partial charge in [-0.05, 0) is 17.5 Å². The Balaban J connectivity index is 2.14. The lowest BCUT2D eigenvalue weighted by molar-refractivity contribution is -0.146. The number of ether oxygens (including phenoxy) is 2. The summed E-state index contributed by atoms with van der Waals surface area (Å²) < 4.78 is 10.5. The normalized spacial score (nSPS) is 11.0. The van der Waals surface area contributed by atoms with Crippen molar-refractivity contribution in [2.45, 2.75) is 27.2 Å². The number of benzene rings is 1. The van der Waals surface area contributed by atoms with E-state index < -0.39 is 0 Å². The van der Waals surface area contributed by atoms with Crippen LogP contribution in [0.4, 0.5) is 0 Å². The van der Waals surface area contributed by atoms with Crippen LogP contribution in [0.25, 0.3) is 0 Å². The Morgan fingerprint density at radius 1 is 1.12 bits per heavy atom. The summed E-state index contributed by atoms with van der Waals surface area (Å²) in [5.41, 5.74) is -0.0304. The summed E-state index contributed by atoms with van der Waals surface area (Å²) in [6, 6.07) is 9.48. The van der Waals surface area contributed by atoms with E-state index in [0.717, 1.165) is 5.75 Å². The van der Waals surface area contributed by atoms with Gasteiger partial charge in [0.2, 0.25) is 0 Å². The lowest BCUT2D eigenvalue weighted by Crippen LogP contribution is -2.18. The maximum atomic E-state index is 11.4. The smallest absolute Gasteiger partial charge is 0.306 e. The lowest BCUT2D eigenvalue weighted by atomic mass is 9.93. The van der Waals surface area contributed by atoms with E-state index in [4.69, 9.17) is 9.47 Å². The Morgan fingerprint density at radius 2 is 1.76 bits per heavy atom. The molecule has 0 atom stereocenters. The first kappa shape index (κ1) is 13.6. The zero-order valence-corrected chi connectivity index (χ0v) is 10.7. The van der Waals surface area contributed by atoms with Crippen LogP contribution in [0, 0.1) is 5.41 Å². The number of hydrogen-bond donors (Lipinski definition) is 0. The number of esters is 1. The fourth-order valence-corrected chi connectivity index (χ4v) is 1.32. The van der Waals surface area contributed by atoms with Crippen molar-refractivity contribution in [1.82, 2.24) is 0 Å². The molecule has 94 valence electrons. The zero-order chi connectivity index (χ0) is 12.7. The van der Waals surface area contributed by atoms with Crippen LogP contribution < -0.4 is 4.74 Å². The van der Waals surface area contributed by atoms with Crippen molar-refractivity contribution < 1.29 is 14.3 Å². The quantitative estimate of drug-likeness (QED) is 0.582. The second-order valence-electron chi connectivity index (χ2n) is 5.12. The van der Waals surface area contributed by atoms with Gasteiger partial charge < -0.3 is 9.47 Å². The molecule has 0 aliphatic rings. The third-order valence-corrected chi connectivity index (χ3v) is 2.03. The van der Waals surface area contributed by atoms with Crippen molar-refractivity contribution in [3.05, 3.63) is 30.3 Å². The third kappa shape index (κ3) is 6.61. The fourth-order valence-electron chi connectivity index (χ4n) is 1.32. The molecule has 0 saturated heterocycles. The molecule has 3 heteroatoms. The summed E-state index contributed by atoms with van der Waals surface area (Å²) in [5, 5.41) is 0. The number of rotatable bonds is 5. The van der Waals surface area contributed by atoms with E-state index in [1.54, 1.807) is 0 Å². The van der Waals surface area contributed by atoms with Crippen LogP contribution in [0.1, 0.15) is 27.2 Å². The van der Waals surface area contributed by atoms with Crippen LogP contribution in [0.3, 0.4) is 0 Å². The van der Waals surface area contributed by atoms with Gasteiger partial charge in [0.1, 0.15) is 19.0 Å². The van der Waals surface area contributed by atoms with Gasteiger partial charge in [0.05, 0.1) is 6.42 Å². The summed E-state index contributed by atoms with van der Waals surface area (Å²) in [6.45, 7) is 6.71. The highest BCUT2D eigenvalue weighted by Gasteiger charge is 2.16. The number of para-hydroxylation sites is 1. The fraction of sp³-hybridized carbons (Fsp3) is 0.500. The van der Waals surface area contributed by atoms with E-state index in [-0.39, 0.29) is 11.4 Å². The minimum absolute atomic E-state index is 0.0304. The first-order chi connectivity index (χ1) is 7.97. The Kier molecular flexibility index (Phi) is 5.01. The van der Waals surface area contributed by atoms with Gasteiger partial charge in [-0.2, -0.15) is 0 Å². The molecule has 0 heterocycles. The molecule has 3 nitrogen and oxygen atoms in total. The maximum Gasteiger partial charge on any atom is 0.306 e. The van der Waals surface area contributed by atoms with Gasteiger partial charge in [0.25, 0.3) is 0 Å². The Morgan fingerprint density at radius 3 is 2.35 bits per heavy atom. The molecule has 1 aromatic rings. The molecule has 0 radical (unpaired) electrons. The number of carbonyl (C=O) groups is 1. The highest BCUT2D eigenvalue weighted by molar-refractivity contribution is 5.70. The molecule has 0 aromatic heterocycles. The van der Waals surface area contributed by atoms with Crippen LogP contribution in [-0.2, 0) is 9.53 Å². The van der Waals surface area contributed by atoms with E-state index in [1.165, 1.54) is 0 Å². The average molecular weight is 236 g/mol. The van der Waals surface area contributed by atoms with Crippen molar-refractivity contribution in [3.63, 3.8) is 0 Å². The molecule has 0 N–H and O–H groups in total. The van der Waals surface area contributed by atoms with E-state index in [9.17, 15) is 4.79 Å². The maximum absolute atomic E-state index is 11.4. The minimum atomic E-state index is -0.172. The van der Waals surface area contributed by atoms with Gasteiger partial charge in [-0.3, -0.25) is 4.79 Å². The van der Waals surface area contributed by atoms with Gasteiger partial charge in [-0.25, -0.2) is 0 Å². The molecule has 0 unspecified atom stereocenters. The van der Waals surface area contributed by atoms with Crippen LogP contribution in [0.2, 0.25) is 0 Å². The second-order valence-corrected chi connectivity index (χ2v) is 5.12. The molecular formula is C14H20O3. The van der Waals surface area contributed by atoms with E-state index >= 15 is 0 Å². The molecule has 1 rings (SSSR count). The number of carbonyl (C=O) groups excluding carboxylic acids is 1. The highest BCUT2D eigenvalue weighted by atomic mass is 16.6. The summed E-state index contributed by atoms with van der Waals surface area (Å²) in [5.74, 6) is 0.619. The molecule has 17 heavy (non-hydrogen) atoms. The van der Waals surface area contributed by atoms with E-state index in [1.807, 2.05) is 51.1 Å². The summed E-state index contributed by atoms with van der Waals surface area (Å²) in [4.78, 5) is 11.4. The molecule has 0 aliphatic carbocycles. The van der Waals surface area contributed by atoms with Gasteiger partial charge in [0, 0.05) is 0 Å². The first-order valence-electron chi connectivity index (χ1n) is 5.81. The van der Waals surface area contributed by atoms with Crippen molar-refractivity contribution in [3.8, 4) is 5.75 Å². The monoisotopic (exact) mass is 236 g/mol. The van der Waals surface area contributed by atoms with Crippen LogP contribution in [0.5, 0.6) is 5.75 Å². The number of hydrogen-bond acceptors (Lipinski definition) is 3. The third-order valence-electron chi connectivity index (χ3n) is 2.03. The predicted molar refractivity (Wildman–Crippen MR) is 67.0 cm³/mol. The largest absolute Gasteiger partial charge is 0.490 e. The molecule has 0 aliphatic heterocycles. The summed E-state index contributed by atoms with van der Waals surface area (Å²) in [6.07, 6.45) is 0.429. The highest BCUT2D eigenvalue weighted by Crippen LogP contribution is 2.18. The average Bonchev–Trinajstić information content (AvgIpc) is 2.23. The van der Waals surface area contributed by atoms with Gasteiger partial charge >= 0.3 is 5.97 Å². The Hall–Kier alpha value is -1.51. The second kappa shape index (κ2) is 6.28. The molecule has 0 fully saturated rings. The van der Waals surface area contributed by atoms with Gasteiger partial charge in [-0.1, -0.05) is 39.0 Å². The van der Waals surface area contributed by atoms with E-state index in [0.29, 0.717) is 19.6 Å². The molecule has 0 amide bonds. The topological polar surface area (TPSA) is 35.5 Å².